The second-order valence-electron chi connectivity index (χ2n) is 5.21. The summed E-state index contributed by atoms with van der Waals surface area (Å²) in [5.74, 6) is 1.05. The Morgan fingerprint density at radius 1 is 1.32 bits per heavy atom. The molecule has 0 spiro atoms. The molecular weight excluding hydrogens is 242 g/mol. The summed E-state index contributed by atoms with van der Waals surface area (Å²) in [4.78, 5) is 18.3. The highest BCUT2D eigenvalue weighted by Gasteiger charge is 2.35. The van der Waals surface area contributed by atoms with Crippen molar-refractivity contribution in [2.45, 2.75) is 58.8 Å². The van der Waals surface area contributed by atoms with Crippen molar-refractivity contribution in [3.8, 4) is 0 Å². The predicted molar refractivity (Wildman–Crippen MR) is 72.9 cm³/mol. The van der Waals surface area contributed by atoms with Gasteiger partial charge in [0, 0.05) is 18.9 Å². The number of nitrogens with zero attached hydrogens (tertiary/aromatic N) is 3. The van der Waals surface area contributed by atoms with E-state index in [1.54, 1.807) is 4.90 Å². The molecule has 5 nitrogen and oxygen atoms in total. The number of hydrogen-bond donors (Lipinski definition) is 0. The number of rotatable bonds is 8. The van der Waals surface area contributed by atoms with Gasteiger partial charge in [0.05, 0.1) is 0 Å². The largest absolute Gasteiger partial charge is 0.330 e. The second-order valence-corrected chi connectivity index (χ2v) is 5.21. The highest BCUT2D eigenvalue weighted by molar-refractivity contribution is 5.94. The zero-order valence-corrected chi connectivity index (χ0v) is 11.9. The van der Waals surface area contributed by atoms with Crippen LogP contribution in [0.2, 0.25) is 0 Å². The summed E-state index contributed by atoms with van der Waals surface area (Å²) in [6.07, 6.45) is 6.97. The normalized spacial score (nSPS) is 14.6. The summed E-state index contributed by atoms with van der Waals surface area (Å²) >= 11 is 0. The average molecular weight is 265 g/mol. The van der Waals surface area contributed by atoms with E-state index in [9.17, 15) is 4.79 Å². The molecule has 5 heteroatoms. The molecule has 0 radical (unpaired) electrons. The van der Waals surface area contributed by atoms with E-state index >= 15 is 0 Å². The van der Waals surface area contributed by atoms with Gasteiger partial charge >= 0.3 is 6.01 Å². The third-order valence-corrected chi connectivity index (χ3v) is 3.37. The zero-order chi connectivity index (χ0) is 13.7. The first-order valence-electron chi connectivity index (χ1n) is 7.40. The summed E-state index contributed by atoms with van der Waals surface area (Å²) in [6, 6.07) is 0.386. The van der Waals surface area contributed by atoms with Crippen LogP contribution in [0.15, 0.2) is 4.52 Å². The van der Waals surface area contributed by atoms with Gasteiger partial charge in [0.2, 0.25) is 5.91 Å². The van der Waals surface area contributed by atoms with Gasteiger partial charge in [-0.15, -0.1) is 0 Å². The molecule has 0 aromatic carbocycles. The molecule has 1 aliphatic carbocycles. The number of anilines is 1. The Balaban J connectivity index is 2.03. The maximum absolute atomic E-state index is 12.2. The van der Waals surface area contributed by atoms with Crippen LogP contribution in [0.3, 0.4) is 0 Å². The molecule has 0 saturated heterocycles. The van der Waals surface area contributed by atoms with Crippen molar-refractivity contribution in [3.63, 3.8) is 0 Å². The molecule has 1 amide bonds. The molecule has 106 valence electrons. The Hall–Kier alpha value is -1.39. The van der Waals surface area contributed by atoms with Crippen LogP contribution in [-0.4, -0.2) is 22.6 Å². The number of amides is 1. The van der Waals surface area contributed by atoms with E-state index < -0.39 is 0 Å². The molecule has 0 bridgehead atoms. The van der Waals surface area contributed by atoms with E-state index in [1.165, 1.54) is 0 Å². The topological polar surface area (TPSA) is 59.2 Å². The summed E-state index contributed by atoms with van der Waals surface area (Å²) in [5, 5.41) is 3.96. The van der Waals surface area contributed by atoms with Gasteiger partial charge in [-0.25, -0.2) is 0 Å². The minimum atomic E-state index is 0.152. The van der Waals surface area contributed by atoms with Crippen molar-refractivity contribution in [2.75, 3.05) is 11.4 Å². The number of carbonyl (C=O) groups is 1. The molecule has 1 saturated carbocycles. The second kappa shape index (κ2) is 6.68. The minimum Gasteiger partial charge on any atom is -0.315 e. The standard InChI is InChI=1S/C14H23N3O2/c1-3-5-7-12-15-14(19-16-12)17(10-6-4-2)13(18)11-8-9-11/h11H,3-10H2,1-2H3. The number of carbonyl (C=O) groups excluding carboxylic acids is 1. The Kier molecular flexibility index (Phi) is 4.93. The fraction of sp³-hybridized carbons (Fsp3) is 0.786. The van der Waals surface area contributed by atoms with Crippen molar-refractivity contribution >= 4 is 11.9 Å². The highest BCUT2D eigenvalue weighted by atomic mass is 16.5. The number of unbranched alkanes of at least 4 members (excludes halogenated alkanes) is 2. The molecule has 0 aliphatic heterocycles. The summed E-state index contributed by atoms with van der Waals surface area (Å²) in [5.41, 5.74) is 0. The number of aryl methyl sites for hydroxylation is 1. The Bertz CT molecular complexity index is 413. The van der Waals surface area contributed by atoms with Crippen molar-refractivity contribution in [3.05, 3.63) is 5.82 Å². The van der Waals surface area contributed by atoms with Gasteiger partial charge in [0.25, 0.3) is 0 Å². The Labute approximate surface area is 114 Å². The van der Waals surface area contributed by atoms with Gasteiger partial charge in [-0.3, -0.25) is 9.69 Å². The van der Waals surface area contributed by atoms with E-state index in [2.05, 4.69) is 24.0 Å². The van der Waals surface area contributed by atoms with Crippen molar-refractivity contribution in [2.24, 2.45) is 5.92 Å². The van der Waals surface area contributed by atoms with Crippen molar-refractivity contribution in [1.29, 1.82) is 0 Å². The molecule has 1 aromatic heterocycles. The quantitative estimate of drug-likeness (QED) is 0.725. The number of hydrogen-bond acceptors (Lipinski definition) is 4. The number of aromatic nitrogens is 2. The summed E-state index contributed by atoms with van der Waals surface area (Å²) in [7, 11) is 0. The molecule has 0 unspecified atom stereocenters. The minimum absolute atomic E-state index is 0.152. The first-order valence-corrected chi connectivity index (χ1v) is 7.40. The molecule has 1 fully saturated rings. The maximum atomic E-state index is 12.2. The third-order valence-electron chi connectivity index (χ3n) is 3.37. The van der Waals surface area contributed by atoms with Crippen LogP contribution >= 0.6 is 0 Å². The van der Waals surface area contributed by atoms with Crippen LogP contribution in [0.25, 0.3) is 0 Å². The lowest BCUT2D eigenvalue weighted by Gasteiger charge is -2.17. The van der Waals surface area contributed by atoms with E-state index in [4.69, 9.17) is 4.52 Å². The molecule has 0 atom stereocenters. The van der Waals surface area contributed by atoms with Crippen LogP contribution in [-0.2, 0) is 11.2 Å². The van der Waals surface area contributed by atoms with Crippen LogP contribution in [0.5, 0.6) is 0 Å². The lowest BCUT2D eigenvalue weighted by Crippen LogP contribution is -2.33. The van der Waals surface area contributed by atoms with Gasteiger partial charge < -0.3 is 4.52 Å². The third kappa shape index (κ3) is 3.78. The van der Waals surface area contributed by atoms with E-state index in [-0.39, 0.29) is 11.8 Å². The van der Waals surface area contributed by atoms with Crippen molar-refractivity contribution < 1.29 is 9.32 Å². The Morgan fingerprint density at radius 2 is 2.05 bits per heavy atom. The molecule has 0 N–H and O–H groups in total. The molecular formula is C14H23N3O2. The van der Waals surface area contributed by atoms with Gasteiger partial charge in [0.15, 0.2) is 5.82 Å². The van der Waals surface area contributed by atoms with E-state index in [1.807, 2.05) is 0 Å². The van der Waals surface area contributed by atoms with Gasteiger partial charge in [-0.05, 0) is 25.7 Å². The van der Waals surface area contributed by atoms with Crippen molar-refractivity contribution in [1.82, 2.24) is 10.1 Å². The highest BCUT2D eigenvalue weighted by Crippen LogP contribution is 2.32. The Morgan fingerprint density at radius 3 is 2.68 bits per heavy atom. The SMILES string of the molecule is CCCCc1noc(N(CCCC)C(=O)C2CC2)n1. The maximum Gasteiger partial charge on any atom is 0.330 e. The van der Waals surface area contributed by atoms with Crippen LogP contribution in [0, 0.1) is 5.92 Å². The fourth-order valence-electron chi connectivity index (χ4n) is 1.96. The molecule has 2 rings (SSSR count). The van der Waals surface area contributed by atoms with Gasteiger partial charge in [-0.1, -0.05) is 31.8 Å². The monoisotopic (exact) mass is 265 g/mol. The molecule has 1 heterocycles. The van der Waals surface area contributed by atoms with Gasteiger partial charge in [0.1, 0.15) is 0 Å². The van der Waals surface area contributed by atoms with Crippen LogP contribution in [0.1, 0.15) is 58.2 Å². The lowest BCUT2D eigenvalue weighted by molar-refractivity contribution is -0.120. The molecule has 1 aromatic rings. The van der Waals surface area contributed by atoms with E-state index in [0.29, 0.717) is 18.4 Å². The van der Waals surface area contributed by atoms with Crippen LogP contribution in [0.4, 0.5) is 6.01 Å². The molecule has 19 heavy (non-hydrogen) atoms. The van der Waals surface area contributed by atoms with Gasteiger partial charge in [-0.2, -0.15) is 4.98 Å². The summed E-state index contributed by atoms with van der Waals surface area (Å²) in [6.45, 7) is 4.92. The average Bonchev–Trinajstić information content (AvgIpc) is 3.17. The predicted octanol–water partition coefficient (Wildman–Crippen LogP) is 2.96. The zero-order valence-electron chi connectivity index (χ0n) is 11.9. The fourth-order valence-corrected chi connectivity index (χ4v) is 1.96. The van der Waals surface area contributed by atoms with Crippen LogP contribution < -0.4 is 4.90 Å². The van der Waals surface area contributed by atoms with E-state index in [0.717, 1.165) is 44.9 Å². The lowest BCUT2D eigenvalue weighted by atomic mass is 10.2. The first kappa shape index (κ1) is 14.0. The first-order chi connectivity index (χ1) is 9.26. The molecule has 1 aliphatic rings. The smallest absolute Gasteiger partial charge is 0.315 e. The summed E-state index contributed by atoms with van der Waals surface area (Å²) < 4.78 is 5.26.